The summed E-state index contributed by atoms with van der Waals surface area (Å²) < 4.78 is 0. The van der Waals surface area contributed by atoms with Crippen molar-refractivity contribution in [1.82, 2.24) is 0 Å². The van der Waals surface area contributed by atoms with Crippen LogP contribution in [0, 0.1) is 0 Å². The lowest BCUT2D eigenvalue weighted by atomic mass is 10.0. The zero-order valence-electron chi connectivity index (χ0n) is 7.70. The number of benzene rings is 1. The molecule has 1 aromatic rings. The average Bonchev–Trinajstić information content (AvgIpc) is 2.07. The lowest BCUT2D eigenvalue weighted by Gasteiger charge is -2.07. The van der Waals surface area contributed by atoms with Crippen molar-refractivity contribution < 1.29 is 10.2 Å². The van der Waals surface area contributed by atoms with Crippen molar-refractivity contribution in [2.24, 2.45) is 5.73 Å². The predicted octanol–water partition coefficient (Wildman–Crippen LogP) is 0.774. The maximum atomic E-state index is 9.28. The highest BCUT2D eigenvalue weighted by molar-refractivity contribution is 5.35. The molecular weight excluding hydrogens is 166 g/mol. The molecule has 0 aliphatic rings. The Hall–Kier alpha value is -1.06. The molecule has 13 heavy (non-hydrogen) atoms. The molecule has 0 heterocycles. The Balaban J connectivity index is 2.86. The molecule has 0 saturated heterocycles. The molecule has 0 unspecified atom stereocenters. The van der Waals surface area contributed by atoms with E-state index in [1.54, 1.807) is 12.1 Å². The molecule has 0 spiro atoms. The van der Waals surface area contributed by atoms with E-state index < -0.39 is 0 Å². The molecule has 0 aliphatic heterocycles. The molecule has 4 N–H and O–H groups in total. The van der Waals surface area contributed by atoms with Gasteiger partial charge in [-0.3, -0.25) is 0 Å². The van der Waals surface area contributed by atoms with Crippen LogP contribution in [0.3, 0.4) is 0 Å². The second-order valence-corrected chi connectivity index (χ2v) is 3.30. The van der Waals surface area contributed by atoms with Crippen LogP contribution in [0.25, 0.3) is 0 Å². The summed E-state index contributed by atoms with van der Waals surface area (Å²) in [5.74, 6) is 0.135. The highest BCUT2D eigenvalue weighted by atomic mass is 16.3. The van der Waals surface area contributed by atoms with Gasteiger partial charge in [-0.05, 0) is 31.0 Å². The van der Waals surface area contributed by atoms with Crippen LogP contribution in [-0.4, -0.2) is 16.3 Å². The smallest absolute Gasteiger partial charge is 0.121 e. The molecule has 0 saturated carbocycles. The van der Waals surface area contributed by atoms with Gasteiger partial charge in [-0.15, -0.1) is 0 Å². The van der Waals surface area contributed by atoms with E-state index in [0.29, 0.717) is 5.56 Å². The first-order chi connectivity index (χ1) is 6.13. The fraction of sp³-hybridized carbons (Fsp3) is 0.400. The minimum Gasteiger partial charge on any atom is -0.508 e. The number of hydrogen-bond donors (Lipinski definition) is 3. The molecule has 3 heteroatoms. The van der Waals surface area contributed by atoms with Gasteiger partial charge in [0, 0.05) is 11.6 Å². The van der Waals surface area contributed by atoms with Crippen molar-refractivity contribution in [2.75, 3.05) is 0 Å². The zero-order valence-corrected chi connectivity index (χ0v) is 7.70. The van der Waals surface area contributed by atoms with Gasteiger partial charge in [0.1, 0.15) is 5.75 Å². The molecule has 0 aromatic heterocycles. The summed E-state index contributed by atoms with van der Waals surface area (Å²) in [6.45, 7) is 1.78. The fourth-order valence-corrected chi connectivity index (χ4v) is 1.26. The van der Waals surface area contributed by atoms with Gasteiger partial charge in [-0.1, -0.05) is 6.07 Å². The zero-order chi connectivity index (χ0) is 9.84. The number of aliphatic hydroxyl groups excluding tert-OH is 1. The molecule has 72 valence electrons. The number of rotatable bonds is 3. The first kappa shape index (κ1) is 10.0. The first-order valence-electron chi connectivity index (χ1n) is 4.30. The maximum Gasteiger partial charge on any atom is 0.121 e. The summed E-state index contributed by atoms with van der Waals surface area (Å²) in [5, 5.41) is 18.2. The predicted molar refractivity (Wildman–Crippen MR) is 51.4 cm³/mol. The van der Waals surface area contributed by atoms with E-state index in [-0.39, 0.29) is 18.4 Å². The Bertz CT molecular complexity index is 284. The van der Waals surface area contributed by atoms with Gasteiger partial charge in [-0.25, -0.2) is 0 Å². The SMILES string of the molecule is C[C@@H](N)Cc1ccc(O)c(CO)c1. The van der Waals surface area contributed by atoms with E-state index in [2.05, 4.69) is 0 Å². The van der Waals surface area contributed by atoms with E-state index in [4.69, 9.17) is 10.8 Å². The largest absolute Gasteiger partial charge is 0.508 e. The number of phenols is 1. The summed E-state index contributed by atoms with van der Waals surface area (Å²) in [6, 6.07) is 5.27. The second kappa shape index (κ2) is 4.25. The Morgan fingerprint density at radius 1 is 1.46 bits per heavy atom. The molecule has 0 fully saturated rings. The first-order valence-corrected chi connectivity index (χ1v) is 4.30. The molecule has 3 nitrogen and oxygen atoms in total. The second-order valence-electron chi connectivity index (χ2n) is 3.30. The summed E-state index contributed by atoms with van der Waals surface area (Å²) in [6.07, 6.45) is 0.757. The monoisotopic (exact) mass is 181 g/mol. The van der Waals surface area contributed by atoms with Gasteiger partial charge in [0.25, 0.3) is 0 Å². The fourth-order valence-electron chi connectivity index (χ4n) is 1.26. The standard InChI is InChI=1S/C10H15NO2/c1-7(11)4-8-2-3-10(13)9(5-8)6-12/h2-3,5,7,12-13H,4,6,11H2,1H3/t7-/m1/s1. The van der Waals surface area contributed by atoms with Gasteiger partial charge < -0.3 is 15.9 Å². The van der Waals surface area contributed by atoms with Gasteiger partial charge in [0.05, 0.1) is 6.61 Å². The Morgan fingerprint density at radius 2 is 2.15 bits per heavy atom. The van der Waals surface area contributed by atoms with Crippen LogP contribution in [0.4, 0.5) is 0 Å². The van der Waals surface area contributed by atoms with Crippen molar-refractivity contribution in [3.8, 4) is 5.75 Å². The van der Waals surface area contributed by atoms with Crippen LogP contribution in [0.1, 0.15) is 18.1 Å². The average molecular weight is 181 g/mol. The summed E-state index contributed by atoms with van der Waals surface area (Å²) in [7, 11) is 0. The van der Waals surface area contributed by atoms with Crippen LogP contribution < -0.4 is 5.73 Å². The van der Waals surface area contributed by atoms with Crippen molar-refractivity contribution in [3.63, 3.8) is 0 Å². The molecule has 1 atom stereocenters. The van der Waals surface area contributed by atoms with Gasteiger partial charge in [0.15, 0.2) is 0 Å². The quantitative estimate of drug-likeness (QED) is 0.645. The number of nitrogens with two attached hydrogens (primary N) is 1. The van der Waals surface area contributed by atoms with Gasteiger partial charge in [0.2, 0.25) is 0 Å². The molecule has 0 radical (unpaired) electrons. The molecule has 0 bridgehead atoms. The van der Waals surface area contributed by atoms with E-state index in [1.165, 1.54) is 0 Å². The third kappa shape index (κ3) is 2.72. The summed E-state index contributed by atoms with van der Waals surface area (Å²) in [5.41, 5.74) is 7.22. The maximum absolute atomic E-state index is 9.28. The molecule has 1 aromatic carbocycles. The lowest BCUT2D eigenvalue weighted by molar-refractivity contribution is 0.275. The molecule has 0 aliphatic carbocycles. The normalized spacial score (nSPS) is 12.8. The topological polar surface area (TPSA) is 66.5 Å². The number of hydrogen-bond acceptors (Lipinski definition) is 3. The number of aliphatic hydroxyl groups is 1. The highest BCUT2D eigenvalue weighted by Gasteiger charge is 2.03. The highest BCUT2D eigenvalue weighted by Crippen LogP contribution is 2.18. The van der Waals surface area contributed by atoms with Crippen molar-refractivity contribution in [2.45, 2.75) is 26.0 Å². The third-order valence-electron chi connectivity index (χ3n) is 1.87. The Labute approximate surface area is 77.8 Å². The molecule has 0 amide bonds. The Kier molecular flexibility index (Phi) is 3.28. The van der Waals surface area contributed by atoms with Crippen molar-refractivity contribution in [3.05, 3.63) is 29.3 Å². The molecule has 1 rings (SSSR count). The van der Waals surface area contributed by atoms with E-state index in [0.717, 1.165) is 12.0 Å². The van der Waals surface area contributed by atoms with Crippen LogP contribution in [0.15, 0.2) is 18.2 Å². The van der Waals surface area contributed by atoms with Crippen molar-refractivity contribution >= 4 is 0 Å². The lowest BCUT2D eigenvalue weighted by Crippen LogP contribution is -2.17. The summed E-state index contributed by atoms with van der Waals surface area (Å²) >= 11 is 0. The van der Waals surface area contributed by atoms with Gasteiger partial charge >= 0.3 is 0 Å². The van der Waals surface area contributed by atoms with E-state index in [1.807, 2.05) is 13.0 Å². The number of aromatic hydroxyl groups is 1. The van der Waals surface area contributed by atoms with Crippen molar-refractivity contribution in [1.29, 1.82) is 0 Å². The van der Waals surface area contributed by atoms with Gasteiger partial charge in [-0.2, -0.15) is 0 Å². The third-order valence-corrected chi connectivity index (χ3v) is 1.87. The minimum atomic E-state index is -0.140. The van der Waals surface area contributed by atoms with Crippen LogP contribution in [0.5, 0.6) is 5.75 Å². The minimum absolute atomic E-state index is 0.0936. The molecular formula is C10H15NO2. The van der Waals surface area contributed by atoms with Crippen LogP contribution in [0.2, 0.25) is 0 Å². The van der Waals surface area contributed by atoms with Crippen LogP contribution in [-0.2, 0) is 13.0 Å². The van der Waals surface area contributed by atoms with Crippen LogP contribution >= 0.6 is 0 Å². The van der Waals surface area contributed by atoms with E-state index in [9.17, 15) is 5.11 Å². The summed E-state index contributed by atoms with van der Waals surface area (Å²) in [4.78, 5) is 0. The Morgan fingerprint density at radius 3 is 2.69 bits per heavy atom. The van der Waals surface area contributed by atoms with E-state index >= 15 is 0 Å².